The predicted molar refractivity (Wildman–Crippen MR) is 91.1 cm³/mol. The van der Waals surface area contributed by atoms with E-state index in [-0.39, 0.29) is 19.0 Å². The van der Waals surface area contributed by atoms with Gasteiger partial charge in [-0.15, -0.1) is 6.42 Å². The van der Waals surface area contributed by atoms with Crippen molar-refractivity contribution in [2.75, 3.05) is 13.1 Å². The van der Waals surface area contributed by atoms with E-state index in [1.165, 1.54) is 0 Å². The van der Waals surface area contributed by atoms with Crippen LogP contribution < -0.4 is 15.4 Å². The average Bonchev–Trinajstić information content (AvgIpc) is 2.64. The minimum absolute atomic E-state index is 0.122. The maximum atomic E-state index is 12.5. The summed E-state index contributed by atoms with van der Waals surface area (Å²) in [6.07, 6.45) is 4.22. The number of amides is 2. The van der Waals surface area contributed by atoms with E-state index < -0.39 is 12.0 Å². The topological polar surface area (TPSA) is 67.4 Å². The fourth-order valence-electron chi connectivity index (χ4n) is 2.01. The molecule has 1 atom stereocenters. The first-order valence-corrected chi connectivity index (χ1v) is 7.45. The molecule has 0 radical (unpaired) electrons. The van der Waals surface area contributed by atoms with Crippen LogP contribution in [-0.4, -0.2) is 24.9 Å². The van der Waals surface area contributed by atoms with E-state index in [4.69, 9.17) is 11.2 Å². The standard InChI is InChI=1S/C19H18N2O3/c1-2-13-20-17(22)14-21-19(23)18(15-9-5-3-6-10-15)24-16-11-7-4-8-12-16/h1,3-12,18H,13-14H2,(H,20,22)(H,21,23). The summed E-state index contributed by atoms with van der Waals surface area (Å²) in [5.74, 6) is 2.11. The van der Waals surface area contributed by atoms with Crippen LogP contribution in [0.3, 0.4) is 0 Å². The number of terminal acetylenes is 1. The Morgan fingerprint density at radius 3 is 2.25 bits per heavy atom. The molecule has 0 aliphatic rings. The van der Waals surface area contributed by atoms with Crippen LogP contribution in [0.2, 0.25) is 0 Å². The predicted octanol–water partition coefficient (Wildman–Crippen LogP) is 1.67. The van der Waals surface area contributed by atoms with Crippen LogP contribution in [0.25, 0.3) is 0 Å². The third-order valence-corrected chi connectivity index (χ3v) is 3.15. The molecule has 0 heterocycles. The number of nitrogens with one attached hydrogen (secondary N) is 2. The zero-order valence-electron chi connectivity index (χ0n) is 13.1. The lowest BCUT2D eigenvalue weighted by molar-refractivity contribution is -0.131. The van der Waals surface area contributed by atoms with E-state index in [1.54, 1.807) is 24.3 Å². The van der Waals surface area contributed by atoms with E-state index in [0.717, 1.165) is 0 Å². The molecule has 5 nitrogen and oxygen atoms in total. The summed E-state index contributed by atoms with van der Waals surface area (Å²) in [4.78, 5) is 24.0. The average molecular weight is 322 g/mol. The maximum absolute atomic E-state index is 12.5. The van der Waals surface area contributed by atoms with Crippen LogP contribution >= 0.6 is 0 Å². The monoisotopic (exact) mass is 322 g/mol. The number of carbonyl (C=O) groups is 2. The van der Waals surface area contributed by atoms with Gasteiger partial charge in [-0.25, -0.2) is 0 Å². The third kappa shape index (κ3) is 5.18. The molecule has 24 heavy (non-hydrogen) atoms. The molecule has 122 valence electrons. The van der Waals surface area contributed by atoms with Gasteiger partial charge in [-0.05, 0) is 12.1 Å². The minimum Gasteiger partial charge on any atom is -0.476 e. The Balaban J connectivity index is 2.06. The maximum Gasteiger partial charge on any atom is 0.266 e. The molecule has 0 fully saturated rings. The molecule has 0 aliphatic heterocycles. The normalized spacial score (nSPS) is 11.0. The second-order valence-corrected chi connectivity index (χ2v) is 4.92. The lowest BCUT2D eigenvalue weighted by Gasteiger charge is -2.19. The number of ether oxygens (including phenoxy) is 1. The van der Waals surface area contributed by atoms with Crippen molar-refractivity contribution in [2.45, 2.75) is 6.10 Å². The second-order valence-electron chi connectivity index (χ2n) is 4.92. The van der Waals surface area contributed by atoms with Crippen molar-refractivity contribution in [3.63, 3.8) is 0 Å². The molecular weight excluding hydrogens is 304 g/mol. The van der Waals surface area contributed by atoms with Crippen molar-refractivity contribution in [1.82, 2.24) is 10.6 Å². The van der Waals surface area contributed by atoms with Crippen LogP contribution in [0, 0.1) is 12.3 Å². The molecule has 2 aromatic carbocycles. The Labute approximate surface area is 141 Å². The van der Waals surface area contributed by atoms with Gasteiger partial charge in [-0.1, -0.05) is 54.5 Å². The number of rotatable bonds is 7. The van der Waals surface area contributed by atoms with E-state index in [2.05, 4.69) is 16.6 Å². The molecule has 0 bridgehead atoms. The van der Waals surface area contributed by atoms with Crippen molar-refractivity contribution < 1.29 is 14.3 Å². The van der Waals surface area contributed by atoms with Crippen molar-refractivity contribution in [3.05, 3.63) is 66.2 Å². The van der Waals surface area contributed by atoms with Gasteiger partial charge in [0.25, 0.3) is 5.91 Å². The van der Waals surface area contributed by atoms with Gasteiger partial charge in [-0.3, -0.25) is 9.59 Å². The number of para-hydroxylation sites is 1. The van der Waals surface area contributed by atoms with Gasteiger partial charge in [0.1, 0.15) is 5.75 Å². The molecule has 2 aromatic rings. The summed E-state index contributed by atoms with van der Waals surface area (Å²) in [7, 11) is 0. The quantitative estimate of drug-likeness (QED) is 0.762. The molecule has 0 aromatic heterocycles. The van der Waals surface area contributed by atoms with E-state index in [1.807, 2.05) is 36.4 Å². The SMILES string of the molecule is C#CCNC(=O)CNC(=O)C(Oc1ccccc1)c1ccccc1. The largest absolute Gasteiger partial charge is 0.476 e. The molecule has 0 saturated carbocycles. The van der Waals surface area contributed by atoms with Gasteiger partial charge in [-0.2, -0.15) is 0 Å². The lowest BCUT2D eigenvalue weighted by Crippen LogP contribution is -2.40. The highest BCUT2D eigenvalue weighted by molar-refractivity contribution is 5.87. The molecule has 0 aliphatic carbocycles. The number of hydrogen-bond donors (Lipinski definition) is 2. The summed E-state index contributed by atoms with van der Waals surface area (Å²) in [6, 6.07) is 18.1. The highest BCUT2D eigenvalue weighted by Crippen LogP contribution is 2.21. The molecule has 2 N–H and O–H groups in total. The Morgan fingerprint density at radius 1 is 1.00 bits per heavy atom. The van der Waals surface area contributed by atoms with Crippen LogP contribution in [0.5, 0.6) is 5.75 Å². The van der Waals surface area contributed by atoms with Gasteiger partial charge >= 0.3 is 0 Å². The summed E-state index contributed by atoms with van der Waals surface area (Å²) in [6.45, 7) is -0.0423. The summed E-state index contributed by atoms with van der Waals surface area (Å²) >= 11 is 0. The third-order valence-electron chi connectivity index (χ3n) is 3.15. The van der Waals surface area contributed by atoms with Crippen LogP contribution in [0.4, 0.5) is 0 Å². The fraction of sp³-hybridized carbons (Fsp3) is 0.158. The van der Waals surface area contributed by atoms with Crippen LogP contribution in [0.15, 0.2) is 60.7 Å². The molecule has 0 spiro atoms. The van der Waals surface area contributed by atoms with Gasteiger partial charge < -0.3 is 15.4 Å². The molecule has 1 unspecified atom stereocenters. The van der Waals surface area contributed by atoms with E-state index in [0.29, 0.717) is 11.3 Å². The first-order chi connectivity index (χ1) is 11.7. The first kappa shape index (κ1) is 17.1. The minimum atomic E-state index is -0.853. The summed E-state index contributed by atoms with van der Waals surface area (Å²) < 4.78 is 5.80. The Hall–Kier alpha value is -3.26. The summed E-state index contributed by atoms with van der Waals surface area (Å²) in [5.41, 5.74) is 0.697. The highest BCUT2D eigenvalue weighted by atomic mass is 16.5. The fourth-order valence-corrected chi connectivity index (χ4v) is 2.01. The number of hydrogen-bond acceptors (Lipinski definition) is 3. The molecule has 5 heteroatoms. The van der Waals surface area contributed by atoms with Gasteiger partial charge in [0.2, 0.25) is 12.0 Å². The van der Waals surface area contributed by atoms with Crippen LogP contribution in [-0.2, 0) is 9.59 Å². The van der Waals surface area contributed by atoms with Crippen LogP contribution in [0.1, 0.15) is 11.7 Å². The van der Waals surface area contributed by atoms with E-state index in [9.17, 15) is 9.59 Å². The Kier molecular flexibility index (Phi) is 6.42. The zero-order valence-corrected chi connectivity index (χ0v) is 13.1. The summed E-state index contributed by atoms with van der Waals surface area (Å²) in [5, 5.41) is 5.05. The van der Waals surface area contributed by atoms with E-state index >= 15 is 0 Å². The lowest BCUT2D eigenvalue weighted by atomic mass is 10.1. The molecular formula is C19H18N2O3. The first-order valence-electron chi connectivity index (χ1n) is 7.45. The van der Waals surface area contributed by atoms with Crippen molar-refractivity contribution >= 4 is 11.8 Å². The molecule has 2 rings (SSSR count). The van der Waals surface area contributed by atoms with Gasteiger partial charge in [0, 0.05) is 5.56 Å². The number of carbonyl (C=O) groups excluding carboxylic acids is 2. The van der Waals surface area contributed by atoms with Crippen molar-refractivity contribution in [1.29, 1.82) is 0 Å². The Morgan fingerprint density at radius 2 is 1.62 bits per heavy atom. The highest BCUT2D eigenvalue weighted by Gasteiger charge is 2.22. The molecule has 2 amide bonds. The smallest absolute Gasteiger partial charge is 0.266 e. The van der Waals surface area contributed by atoms with Crippen molar-refractivity contribution in [3.8, 4) is 18.1 Å². The Bertz CT molecular complexity index is 708. The zero-order chi connectivity index (χ0) is 17.2. The second kappa shape index (κ2) is 9.01. The van der Waals surface area contributed by atoms with Gasteiger partial charge in [0.15, 0.2) is 0 Å². The van der Waals surface area contributed by atoms with Crippen molar-refractivity contribution in [2.24, 2.45) is 0 Å². The molecule has 0 saturated heterocycles. The van der Waals surface area contributed by atoms with Gasteiger partial charge in [0.05, 0.1) is 13.1 Å². The number of benzene rings is 2.